The number of nitrogens with zero attached hydrogens (tertiary/aromatic N) is 2. The molecule has 0 unspecified atom stereocenters. The first-order valence-corrected chi connectivity index (χ1v) is 12.3. The smallest absolute Gasteiger partial charge is 0.263 e. The molecule has 1 aromatic carbocycles. The van der Waals surface area contributed by atoms with Crippen LogP contribution in [0, 0.1) is 0 Å². The van der Waals surface area contributed by atoms with E-state index in [1.54, 1.807) is 34.1 Å². The molecule has 1 N–H and O–H groups in total. The van der Waals surface area contributed by atoms with Gasteiger partial charge in [0.05, 0.1) is 11.1 Å². The Morgan fingerprint density at radius 3 is 2.87 bits per heavy atom. The molecule has 0 saturated carbocycles. The van der Waals surface area contributed by atoms with Crippen molar-refractivity contribution in [3.8, 4) is 11.5 Å². The molecule has 2 aliphatic rings. The summed E-state index contributed by atoms with van der Waals surface area (Å²) in [7, 11) is 0. The molecule has 9 heteroatoms. The van der Waals surface area contributed by atoms with Gasteiger partial charge in [0.2, 0.25) is 5.91 Å². The van der Waals surface area contributed by atoms with Crippen molar-refractivity contribution in [1.29, 1.82) is 0 Å². The van der Waals surface area contributed by atoms with Gasteiger partial charge in [0.1, 0.15) is 18.0 Å². The summed E-state index contributed by atoms with van der Waals surface area (Å²) in [6.07, 6.45) is 4.28. The Labute approximate surface area is 187 Å². The SMILES string of the molecule is CCn1c(SCC(=O)Nc2ccc3c(c2)OCCO3)nc2sc3c(c2c1=O)CCCC3. The van der Waals surface area contributed by atoms with Crippen LogP contribution in [0.4, 0.5) is 5.69 Å². The lowest BCUT2D eigenvalue weighted by molar-refractivity contribution is -0.113. The average molecular weight is 458 g/mol. The van der Waals surface area contributed by atoms with Crippen LogP contribution in [0.15, 0.2) is 28.2 Å². The van der Waals surface area contributed by atoms with E-state index in [9.17, 15) is 9.59 Å². The number of nitrogens with one attached hydrogen (secondary N) is 1. The van der Waals surface area contributed by atoms with Gasteiger partial charge in [0.15, 0.2) is 16.7 Å². The second-order valence-corrected chi connectivity index (χ2v) is 9.56. The Morgan fingerprint density at radius 1 is 1.23 bits per heavy atom. The van der Waals surface area contributed by atoms with Gasteiger partial charge in [-0.2, -0.15) is 0 Å². The molecule has 0 spiro atoms. The third-order valence-corrected chi connectivity index (χ3v) is 7.68. The van der Waals surface area contributed by atoms with E-state index in [0.717, 1.165) is 29.5 Å². The molecule has 1 aliphatic heterocycles. The Kier molecular flexibility index (Phi) is 5.62. The van der Waals surface area contributed by atoms with Crippen molar-refractivity contribution in [2.24, 2.45) is 0 Å². The monoisotopic (exact) mass is 457 g/mol. The topological polar surface area (TPSA) is 82.5 Å². The second kappa shape index (κ2) is 8.55. The quantitative estimate of drug-likeness (QED) is 0.463. The molecule has 3 aromatic rings. The van der Waals surface area contributed by atoms with Gasteiger partial charge in [0, 0.05) is 23.2 Å². The molecule has 0 bridgehead atoms. The van der Waals surface area contributed by atoms with Gasteiger partial charge in [-0.05, 0) is 50.3 Å². The minimum absolute atomic E-state index is 0.0154. The van der Waals surface area contributed by atoms with E-state index in [2.05, 4.69) is 5.32 Å². The van der Waals surface area contributed by atoms with Gasteiger partial charge in [0.25, 0.3) is 5.56 Å². The van der Waals surface area contributed by atoms with Crippen LogP contribution in [0.5, 0.6) is 11.5 Å². The lowest BCUT2D eigenvalue weighted by atomic mass is 9.97. The van der Waals surface area contributed by atoms with Gasteiger partial charge < -0.3 is 14.8 Å². The highest BCUT2D eigenvalue weighted by Gasteiger charge is 2.22. The van der Waals surface area contributed by atoms with E-state index in [-0.39, 0.29) is 17.2 Å². The molecule has 162 valence electrons. The zero-order chi connectivity index (χ0) is 21.4. The fraction of sp³-hybridized carbons (Fsp3) is 0.409. The first-order chi connectivity index (χ1) is 15.1. The number of carbonyl (C=O) groups is 1. The van der Waals surface area contributed by atoms with E-state index in [1.807, 2.05) is 6.92 Å². The summed E-state index contributed by atoms with van der Waals surface area (Å²) in [5, 5.41) is 4.26. The fourth-order valence-electron chi connectivity index (χ4n) is 4.06. The number of amides is 1. The molecular formula is C22H23N3O4S2. The molecule has 3 heterocycles. The second-order valence-electron chi connectivity index (χ2n) is 7.53. The van der Waals surface area contributed by atoms with Crippen molar-refractivity contribution >= 4 is 44.9 Å². The van der Waals surface area contributed by atoms with Crippen molar-refractivity contribution < 1.29 is 14.3 Å². The van der Waals surface area contributed by atoms with Crippen LogP contribution >= 0.6 is 23.1 Å². The van der Waals surface area contributed by atoms with Gasteiger partial charge >= 0.3 is 0 Å². The van der Waals surface area contributed by atoms with E-state index in [4.69, 9.17) is 14.5 Å². The van der Waals surface area contributed by atoms with Crippen molar-refractivity contribution in [3.63, 3.8) is 0 Å². The number of ether oxygens (including phenoxy) is 2. The van der Waals surface area contributed by atoms with Gasteiger partial charge in [-0.3, -0.25) is 14.2 Å². The first-order valence-electron chi connectivity index (χ1n) is 10.5. The van der Waals surface area contributed by atoms with Crippen LogP contribution in [0.2, 0.25) is 0 Å². The number of benzene rings is 1. The summed E-state index contributed by atoms with van der Waals surface area (Å²) in [6.45, 7) is 3.49. The van der Waals surface area contributed by atoms with Crippen molar-refractivity contribution in [3.05, 3.63) is 39.0 Å². The summed E-state index contributed by atoms with van der Waals surface area (Å²) >= 11 is 2.93. The van der Waals surface area contributed by atoms with Crippen LogP contribution in [0.3, 0.4) is 0 Å². The molecular weight excluding hydrogens is 434 g/mol. The number of fused-ring (bicyclic) bond motifs is 4. The van der Waals surface area contributed by atoms with Crippen molar-refractivity contribution in [2.45, 2.75) is 44.3 Å². The Balaban J connectivity index is 1.34. The zero-order valence-corrected chi connectivity index (χ0v) is 18.9. The van der Waals surface area contributed by atoms with Crippen molar-refractivity contribution in [1.82, 2.24) is 9.55 Å². The lowest BCUT2D eigenvalue weighted by Gasteiger charge is -2.19. The maximum Gasteiger partial charge on any atom is 0.263 e. The van der Waals surface area contributed by atoms with Gasteiger partial charge in [-0.15, -0.1) is 11.3 Å². The molecule has 0 fully saturated rings. The molecule has 0 radical (unpaired) electrons. The number of rotatable bonds is 5. The summed E-state index contributed by atoms with van der Waals surface area (Å²) < 4.78 is 12.8. The molecule has 7 nitrogen and oxygen atoms in total. The van der Waals surface area contributed by atoms with Gasteiger partial charge in [-0.1, -0.05) is 11.8 Å². The summed E-state index contributed by atoms with van der Waals surface area (Å²) in [6, 6.07) is 5.35. The van der Waals surface area contributed by atoms with Gasteiger partial charge in [-0.25, -0.2) is 4.98 Å². The Morgan fingerprint density at radius 2 is 2.03 bits per heavy atom. The summed E-state index contributed by atoms with van der Waals surface area (Å²) in [5.74, 6) is 1.31. The summed E-state index contributed by atoms with van der Waals surface area (Å²) in [4.78, 5) is 32.6. The minimum atomic E-state index is -0.163. The average Bonchev–Trinajstić information content (AvgIpc) is 3.16. The third-order valence-electron chi connectivity index (χ3n) is 5.51. The number of aromatic nitrogens is 2. The third kappa shape index (κ3) is 3.92. The highest BCUT2D eigenvalue weighted by atomic mass is 32.2. The standard InChI is InChI=1S/C22H23N3O4S2/c1-2-25-21(27)19-14-5-3-4-6-17(14)31-20(19)24-22(25)30-12-18(26)23-13-7-8-15-16(11-13)29-10-9-28-15/h7-8,11H,2-6,9-10,12H2,1H3,(H,23,26). The largest absolute Gasteiger partial charge is 0.486 e. The molecule has 1 aliphatic carbocycles. The highest BCUT2D eigenvalue weighted by molar-refractivity contribution is 7.99. The molecule has 0 saturated heterocycles. The molecule has 1 amide bonds. The maximum atomic E-state index is 13.2. The molecule has 31 heavy (non-hydrogen) atoms. The van der Waals surface area contributed by atoms with Crippen LogP contribution < -0.4 is 20.3 Å². The number of anilines is 1. The van der Waals surface area contributed by atoms with Crippen LogP contribution in [-0.4, -0.2) is 34.4 Å². The van der Waals surface area contributed by atoms with E-state index >= 15 is 0 Å². The number of thioether (sulfide) groups is 1. The zero-order valence-electron chi connectivity index (χ0n) is 17.2. The van der Waals surface area contributed by atoms with Crippen LogP contribution in [0.25, 0.3) is 10.2 Å². The highest BCUT2D eigenvalue weighted by Crippen LogP contribution is 2.35. The number of thiophene rings is 1. The summed E-state index contributed by atoms with van der Waals surface area (Å²) in [5.41, 5.74) is 1.86. The number of aryl methyl sites for hydroxylation is 2. The predicted octanol–water partition coefficient (Wildman–Crippen LogP) is 3.86. The Hall–Kier alpha value is -2.52. The molecule has 0 atom stereocenters. The predicted molar refractivity (Wildman–Crippen MR) is 123 cm³/mol. The number of carbonyl (C=O) groups excluding carboxylic acids is 1. The minimum Gasteiger partial charge on any atom is -0.486 e. The van der Waals surface area contributed by atoms with E-state index < -0.39 is 0 Å². The van der Waals surface area contributed by atoms with Crippen LogP contribution in [0.1, 0.15) is 30.2 Å². The van der Waals surface area contributed by atoms with Crippen molar-refractivity contribution in [2.75, 3.05) is 24.3 Å². The lowest BCUT2D eigenvalue weighted by Crippen LogP contribution is -2.24. The molecule has 2 aromatic heterocycles. The van der Waals surface area contributed by atoms with E-state index in [0.29, 0.717) is 42.1 Å². The molecule has 5 rings (SSSR count). The Bertz CT molecular complexity index is 1220. The first kappa shape index (κ1) is 20.4. The fourth-order valence-corrected chi connectivity index (χ4v) is 6.22. The van der Waals surface area contributed by atoms with Crippen LogP contribution in [-0.2, 0) is 24.2 Å². The number of hydrogen-bond donors (Lipinski definition) is 1. The maximum absolute atomic E-state index is 13.2. The number of hydrogen-bond acceptors (Lipinski definition) is 7. The van der Waals surface area contributed by atoms with E-state index in [1.165, 1.54) is 28.6 Å². The normalized spacial score (nSPS) is 15.0.